The van der Waals surface area contributed by atoms with Crippen molar-refractivity contribution in [3.63, 3.8) is 0 Å². The zero-order valence-corrected chi connectivity index (χ0v) is 24.5. The number of ether oxygens (including phenoxy) is 2. The lowest BCUT2D eigenvalue weighted by molar-refractivity contribution is -0.135. The highest BCUT2D eigenvalue weighted by Crippen LogP contribution is 2.42. The number of hydrogen-bond acceptors (Lipinski definition) is 7. The molecule has 1 N–H and O–H groups in total. The lowest BCUT2D eigenvalue weighted by Gasteiger charge is -2.47. The fourth-order valence-electron chi connectivity index (χ4n) is 7.09. The van der Waals surface area contributed by atoms with Crippen LogP contribution >= 0.6 is 0 Å². The molecule has 11 nitrogen and oxygen atoms in total. The first kappa shape index (κ1) is 27.8. The van der Waals surface area contributed by atoms with E-state index in [4.69, 9.17) is 9.47 Å². The number of carbonyl (C=O) groups is 3. The van der Waals surface area contributed by atoms with E-state index in [1.807, 2.05) is 39.0 Å². The zero-order chi connectivity index (χ0) is 29.1. The Morgan fingerprint density at radius 3 is 2.49 bits per heavy atom. The predicted octanol–water partition coefficient (Wildman–Crippen LogP) is 2.95. The van der Waals surface area contributed by atoms with Gasteiger partial charge >= 0.3 is 11.8 Å². The van der Waals surface area contributed by atoms with Crippen molar-refractivity contribution >= 4 is 34.6 Å². The second-order valence-corrected chi connectivity index (χ2v) is 13.4. The Hall–Kier alpha value is -3.34. The summed E-state index contributed by atoms with van der Waals surface area (Å²) in [4.78, 5) is 53.6. The van der Waals surface area contributed by atoms with Gasteiger partial charge in [0.1, 0.15) is 17.2 Å². The average molecular weight is 568 g/mol. The van der Waals surface area contributed by atoms with E-state index in [0.717, 1.165) is 56.6 Å². The molecule has 0 aliphatic carbocycles. The molecule has 2 atom stereocenters. The molecule has 3 amide bonds. The van der Waals surface area contributed by atoms with Crippen LogP contribution in [0.2, 0.25) is 0 Å². The van der Waals surface area contributed by atoms with Crippen molar-refractivity contribution in [2.24, 2.45) is 18.9 Å². The highest BCUT2D eigenvalue weighted by Gasteiger charge is 2.52. The number of imidazole rings is 1. The minimum Gasteiger partial charge on any atom is -0.444 e. The van der Waals surface area contributed by atoms with Gasteiger partial charge in [0, 0.05) is 32.2 Å². The van der Waals surface area contributed by atoms with Crippen LogP contribution in [0.3, 0.4) is 0 Å². The van der Waals surface area contributed by atoms with Gasteiger partial charge in [-0.05, 0) is 82.9 Å². The Morgan fingerprint density at radius 1 is 1.07 bits per heavy atom. The van der Waals surface area contributed by atoms with Gasteiger partial charge in [0.2, 0.25) is 11.8 Å². The lowest BCUT2D eigenvalue weighted by atomic mass is 9.81. The fourth-order valence-corrected chi connectivity index (χ4v) is 7.09. The molecule has 0 radical (unpaired) electrons. The summed E-state index contributed by atoms with van der Waals surface area (Å²) < 4.78 is 14.8. The second-order valence-electron chi connectivity index (χ2n) is 13.4. The number of anilines is 1. The quantitative estimate of drug-likeness (QED) is 0.565. The highest BCUT2D eigenvalue weighted by molar-refractivity contribution is 6.00. The van der Waals surface area contributed by atoms with Gasteiger partial charge < -0.3 is 19.3 Å². The number of carbonyl (C=O) groups excluding carboxylic acids is 3. The van der Waals surface area contributed by atoms with E-state index in [1.54, 1.807) is 16.5 Å². The molecule has 4 aliphatic heterocycles. The van der Waals surface area contributed by atoms with Crippen LogP contribution in [0.1, 0.15) is 65.3 Å². The molecule has 0 saturated carbocycles. The number of amides is 3. The van der Waals surface area contributed by atoms with E-state index in [-0.39, 0.29) is 29.7 Å². The van der Waals surface area contributed by atoms with Crippen LogP contribution in [-0.4, -0.2) is 75.9 Å². The van der Waals surface area contributed by atoms with Crippen LogP contribution in [0.25, 0.3) is 11.0 Å². The molecule has 1 spiro atoms. The lowest BCUT2D eigenvalue weighted by Crippen LogP contribution is -2.63. The molecule has 1 aromatic heterocycles. The maximum atomic E-state index is 13.1. The smallest absolute Gasteiger partial charge is 0.410 e. The van der Waals surface area contributed by atoms with Crippen LogP contribution in [0.4, 0.5) is 10.5 Å². The first-order chi connectivity index (χ1) is 19.4. The number of nitrogens with one attached hydrogen (secondary N) is 1. The molecular weight excluding hydrogens is 526 g/mol. The van der Waals surface area contributed by atoms with Gasteiger partial charge in [-0.2, -0.15) is 0 Å². The maximum Gasteiger partial charge on any atom is 0.410 e. The third kappa shape index (κ3) is 5.36. The third-order valence-corrected chi connectivity index (χ3v) is 9.14. The Kier molecular flexibility index (Phi) is 6.91. The van der Waals surface area contributed by atoms with Crippen molar-refractivity contribution in [1.82, 2.24) is 19.4 Å². The second kappa shape index (κ2) is 10.2. The molecular formula is C30H41N5O6. The summed E-state index contributed by atoms with van der Waals surface area (Å²) in [6.45, 7) is 9.55. The topological polar surface area (TPSA) is 115 Å². The number of piperidine rings is 2. The molecule has 222 valence electrons. The van der Waals surface area contributed by atoms with E-state index in [9.17, 15) is 19.2 Å². The molecule has 6 rings (SSSR count). The van der Waals surface area contributed by atoms with E-state index in [1.165, 1.54) is 4.57 Å². The summed E-state index contributed by atoms with van der Waals surface area (Å²) in [7, 11) is 1.73. The molecule has 5 heterocycles. The van der Waals surface area contributed by atoms with Crippen molar-refractivity contribution < 1.29 is 23.9 Å². The van der Waals surface area contributed by atoms with E-state index >= 15 is 0 Å². The number of rotatable bonds is 4. The number of imide groups is 1. The van der Waals surface area contributed by atoms with Crippen molar-refractivity contribution in [3.05, 3.63) is 28.7 Å². The van der Waals surface area contributed by atoms with Gasteiger partial charge in [0.05, 0.1) is 30.7 Å². The first-order valence-corrected chi connectivity index (χ1v) is 14.8. The Balaban J connectivity index is 1.04. The summed E-state index contributed by atoms with van der Waals surface area (Å²) in [5.41, 5.74) is 1.64. The van der Waals surface area contributed by atoms with Gasteiger partial charge in [-0.25, -0.2) is 9.59 Å². The van der Waals surface area contributed by atoms with Crippen molar-refractivity contribution in [1.29, 1.82) is 0 Å². The maximum absolute atomic E-state index is 13.1. The van der Waals surface area contributed by atoms with E-state index in [2.05, 4.69) is 10.2 Å². The molecule has 4 aliphatic rings. The summed E-state index contributed by atoms with van der Waals surface area (Å²) in [6.07, 6.45) is 4.64. The fraction of sp³-hybridized carbons (Fsp3) is 0.667. The van der Waals surface area contributed by atoms with Crippen LogP contribution in [0.5, 0.6) is 0 Å². The van der Waals surface area contributed by atoms with Crippen LogP contribution < -0.4 is 15.9 Å². The number of hydrogen-bond donors (Lipinski definition) is 1. The van der Waals surface area contributed by atoms with Gasteiger partial charge in [0.25, 0.3) is 0 Å². The number of benzene rings is 1. The van der Waals surface area contributed by atoms with Gasteiger partial charge in [0.15, 0.2) is 0 Å². The normalized spacial score (nSPS) is 25.1. The molecule has 4 saturated heterocycles. The molecule has 0 bridgehead atoms. The number of likely N-dealkylation sites (tertiary alicyclic amines) is 1. The number of nitrogens with zero attached hydrogens (tertiary/aromatic N) is 4. The van der Waals surface area contributed by atoms with E-state index in [0.29, 0.717) is 36.9 Å². The third-order valence-electron chi connectivity index (χ3n) is 9.14. The monoisotopic (exact) mass is 567 g/mol. The zero-order valence-electron chi connectivity index (χ0n) is 24.5. The van der Waals surface area contributed by atoms with Crippen LogP contribution in [0.15, 0.2) is 23.0 Å². The summed E-state index contributed by atoms with van der Waals surface area (Å²) in [5, 5.41) is 2.36. The molecule has 1 aromatic carbocycles. The summed E-state index contributed by atoms with van der Waals surface area (Å²) in [5.74, 6) is 0.445. The minimum absolute atomic E-state index is 0.197. The first-order valence-electron chi connectivity index (χ1n) is 14.8. The number of fused-ring (bicyclic) bond motifs is 1. The molecule has 41 heavy (non-hydrogen) atoms. The Bertz CT molecular complexity index is 1420. The largest absolute Gasteiger partial charge is 0.444 e. The van der Waals surface area contributed by atoms with Gasteiger partial charge in [-0.1, -0.05) is 0 Å². The highest BCUT2D eigenvalue weighted by atomic mass is 16.6. The standard InChI is InChI=1S/C30H41N5O6/c1-29(2,3)41-28(39)34-17-30(18-34)15-20(16-40-30)13-19-9-11-33(12-10-19)21-5-6-22-24(14-21)32(4)27(38)35(22)23-7-8-25(36)31-26(23)37/h5-6,14,19-20,23H,7-13,15-18H2,1-4H3,(H,31,36,37). The molecule has 2 unspecified atom stereocenters. The van der Waals surface area contributed by atoms with Gasteiger partial charge in [-0.15, -0.1) is 0 Å². The molecule has 2 aromatic rings. The minimum atomic E-state index is -0.676. The SMILES string of the molecule is Cn1c(=O)n(C2CCC(=O)NC2=O)c2ccc(N3CCC(CC4COC5(C4)CN(C(=O)OC(C)(C)C)C5)CC3)cc21. The number of aryl methyl sites for hydroxylation is 1. The summed E-state index contributed by atoms with van der Waals surface area (Å²) >= 11 is 0. The summed E-state index contributed by atoms with van der Waals surface area (Å²) in [6, 6.07) is 5.33. The Labute approximate surface area is 239 Å². The van der Waals surface area contributed by atoms with Crippen molar-refractivity contribution in [3.8, 4) is 0 Å². The predicted molar refractivity (Wildman–Crippen MR) is 153 cm³/mol. The van der Waals surface area contributed by atoms with Crippen LogP contribution in [0, 0.1) is 11.8 Å². The number of aromatic nitrogens is 2. The van der Waals surface area contributed by atoms with Crippen LogP contribution in [-0.2, 0) is 26.1 Å². The Morgan fingerprint density at radius 2 is 1.80 bits per heavy atom. The average Bonchev–Trinajstić information content (AvgIpc) is 3.42. The van der Waals surface area contributed by atoms with E-state index < -0.39 is 17.6 Å². The van der Waals surface area contributed by atoms with Crippen molar-refractivity contribution in [2.75, 3.05) is 37.7 Å². The molecule has 4 fully saturated rings. The van der Waals surface area contributed by atoms with Crippen molar-refractivity contribution in [2.45, 2.75) is 76.5 Å². The van der Waals surface area contributed by atoms with Gasteiger partial charge in [-0.3, -0.25) is 24.0 Å². The molecule has 11 heteroatoms.